The Morgan fingerprint density at radius 3 is 3.08 bits per heavy atom. The number of pyridine rings is 1. The van der Waals surface area contributed by atoms with Crippen LogP contribution in [-0.2, 0) is 0 Å². The Labute approximate surface area is 75.5 Å². The van der Waals surface area contributed by atoms with Crippen LogP contribution in [0.4, 0.5) is 5.69 Å². The third-order valence-corrected chi connectivity index (χ3v) is 1.42. The minimum absolute atomic E-state index is 0.0871. The van der Waals surface area contributed by atoms with Crippen LogP contribution in [0.2, 0.25) is 0 Å². The van der Waals surface area contributed by atoms with E-state index in [0.717, 1.165) is 6.42 Å². The van der Waals surface area contributed by atoms with Crippen molar-refractivity contribution in [1.29, 1.82) is 0 Å². The van der Waals surface area contributed by atoms with Crippen LogP contribution in [-0.4, -0.2) is 16.5 Å². The zero-order chi connectivity index (χ0) is 9.68. The average molecular weight is 182 g/mol. The third-order valence-electron chi connectivity index (χ3n) is 1.42. The zero-order valence-electron chi connectivity index (χ0n) is 7.27. The van der Waals surface area contributed by atoms with Crippen molar-refractivity contribution in [3.8, 4) is 5.75 Å². The molecule has 0 aliphatic carbocycles. The minimum Gasteiger partial charge on any atom is -0.487 e. The molecule has 0 N–H and O–H groups in total. The fourth-order valence-corrected chi connectivity index (χ4v) is 0.845. The standard InChI is InChI=1S/C8H10N2O3/c1-2-5-13-8-3-4-9-6-7(8)10(11)12/h3-4,6H,2,5H2,1H3. The van der Waals surface area contributed by atoms with Gasteiger partial charge in [-0.25, -0.2) is 0 Å². The summed E-state index contributed by atoms with van der Waals surface area (Å²) in [5.41, 5.74) is -0.0871. The molecular formula is C8H10N2O3. The lowest BCUT2D eigenvalue weighted by molar-refractivity contribution is -0.386. The normalized spacial score (nSPS) is 9.62. The van der Waals surface area contributed by atoms with E-state index in [2.05, 4.69) is 4.98 Å². The summed E-state index contributed by atoms with van der Waals surface area (Å²) in [5, 5.41) is 10.5. The number of hydrogen-bond acceptors (Lipinski definition) is 4. The van der Waals surface area contributed by atoms with E-state index in [4.69, 9.17) is 4.74 Å². The Morgan fingerprint density at radius 2 is 2.46 bits per heavy atom. The molecular weight excluding hydrogens is 172 g/mol. The zero-order valence-corrected chi connectivity index (χ0v) is 7.27. The SMILES string of the molecule is CCCOc1ccncc1[N+](=O)[O-]. The number of nitro groups is 1. The fourth-order valence-electron chi connectivity index (χ4n) is 0.845. The Balaban J connectivity index is 2.84. The summed E-state index contributed by atoms with van der Waals surface area (Å²) in [4.78, 5) is 13.6. The third kappa shape index (κ3) is 2.40. The van der Waals surface area contributed by atoms with Crippen molar-refractivity contribution >= 4 is 5.69 Å². The summed E-state index contributed by atoms with van der Waals surface area (Å²) in [6.45, 7) is 2.41. The summed E-state index contributed by atoms with van der Waals surface area (Å²) < 4.78 is 5.17. The highest BCUT2D eigenvalue weighted by molar-refractivity contribution is 5.42. The van der Waals surface area contributed by atoms with Crippen molar-refractivity contribution in [2.45, 2.75) is 13.3 Å². The van der Waals surface area contributed by atoms with Crippen LogP contribution in [0.1, 0.15) is 13.3 Å². The van der Waals surface area contributed by atoms with E-state index in [1.807, 2.05) is 6.92 Å². The molecule has 0 saturated heterocycles. The number of nitrogens with zero attached hydrogens (tertiary/aromatic N) is 2. The molecule has 13 heavy (non-hydrogen) atoms. The average Bonchev–Trinajstić information content (AvgIpc) is 2.15. The Bertz CT molecular complexity index is 301. The summed E-state index contributed by atoms with van der Waals surface area (Å²) in [6, 6.07) is 1.49. The first-order valence-electron chi connectivity index (χ1n) is 3.97. The van der Waals surface area contributed by atoms with Gasteiger partial charge in [0.05, 0.1) is 11.5 Å². The molecule has 0 aromatic carbocycles. The first-order chi connectivity index (χ1) is 6.25. The lowest BCUT2D eigenvalue weighted by atomic mass is 10.4. The van der Waals surface area contributed by atoms with Gasteiger partial charge in [-0.3, -0.25) is 15.1 Å². The van der Waals surface area contributed by atoms with Crippen molar-refractivity contribution in [3.63, 3.8) is 0 Å². The maximum absolute atomic E-state index is 10.5. The van der Waals surface area contributed by atoms with Crippen molar-refractivity contribution in [2.75, 3.05) is 6.61 Å². The van der Waals surface area contributed by atoms with Crippen LogP contribution in [0.25, 0.3) is 0 Å². The molecule has 0 fully saturated rings. The molecule has 1 aromatic rings. The second kappa shape index (κ2) is 4.39. The highest BCUT2D eigenvalue weighted by Crippen LogP contribution is 2.24. The second-order valence-corrected chi connectivity index (χ2v) is 2.45. The highest BCUT2D eigenvalue weighted by Gasteiger charge is 2.13. The van der Waals surface area contributed by atoms with Gasteiger partial charge in [0.15, 0.2) is 5.75 Å². The molecule has 1 heterocycles. The summed E-state index contributed by atoms with van der Waals surface area (Å²) in [7, 11) is 0. The predicted octanol–water partition coefficient (Wildman–Crippen LogP) is 1.78. The van der Waals surface area contributed by atoms with E-state index in [9.17, 15) is 10.1 Å². The van der Waals surface area contributed by atoms with E-state index in [0.29, 0.717) is 6.61 Å². The summed E-state index contributed by atoms with van der Waals surface area (Å²) in [5.74, 6) is 0.279. The predicted molar refractivity (Wildman–Crippen MR) is 46.7 cm³/mol. The molecule has 1 aromatic heterocycles. The van der Waals surface area contributed by atoms with Crippen LogP contribution in [0.3, 0.4) is 0 Å². The van der Waals surface area contributed by atoms with E-state index in [1.165, 1.54) is 18.5 Å². The smallest absolute Gasteiger partial charge is 0.329 e. The molecule has 5 nitrogen and oxygen atoms in total. The Hall–Kier alpha value is -1.65. The van der Waals surface area contributed by atoms with Crippen LogP contribution in [0, 0.1) is 10.1 Å². The molecule has 0 saturated carbocycles. The molecule has 0 aliphatic rings. The van der Waals surface area contributed by atoms with E-state index < -0.39 is 4.92 Å². The van der Waals surface area contributed by atoms with Gasteiger partial charge in [0.25, 0.3) is 0 Å². The van der Waals surface area contributed by atoms with Gasteiger partial charge in [0.1, 0.15) is 6.20 Å². The fraction of sp³-hybridized carbons (Fsp3) is 0.375. The van der Waals surface area contributed by atoms with Gasteiger partial charge < -0.3 is 4.74 Å². The Kier molecular flexibility index (Phi) is 3.19. The van der Waals surface area contributed by atoms with Gasteiger partial charge >= 0.3 is 5.69 Å². The van der Waals surface area contributed by atoms with Crippen molar-refractivity contribution in [1.82, 2.24) is 4.98 Å². The molecule has 0 spiro atoms. The van der Waals surface area contributed by atoms with Gasteiger partial charge in [-0.2, -0.15) is 0 Å². The minimum atomic E-state index is -0.502. The van der Waals surface area contributed by atoms with Gasteiger partial charge in [-0.05, 0) is 6.42 Å². The van der Waals surface area contributed by atoms with Crippen LogP contribution >= 0.6 is 0 Å². The molecule has 0 bridgehead atoms. The van der Waals surface area contributed by atoms with Gasteiger partial charge in [0, 0.05) is 12.3 Å². The van der Waals surface area contributed by atoms with Crippen LogP contribution in [0.5, 0.6) is 5.75 Å². The van der Waals surface area contributed by atoms with Crippen molar-refractivity contribution in [2.24, 2.45) is 0 Å². The molecule has 70 valence electrons. The van der Waals surface area contributed by atoms with E-state index >= 15 is 0 Å². The van der Waals surface area contributed by atoms with Gasteiger partial charge in [-0.15, -0.1) is 0 Å². The second-order valence-electron chi connectivity index (χ2n) is 2.45. The topological polar surface area (TPSA) is 65.3 Å². The molecule has 0 amide bonds. The van der Waals surface area contributed by atoms with E-state index in [1.54, 1.807) is 0 Å². The number of aromatic nitrogens is 1. The largest absolute Gasteiger partial charge is 0.487 e. The number of ether oxygens (including phenoxy) is 1. The van der Waals surface area contributed by atoms with Crippen LogP contribution < -0.4 is 4.74 Å². The molecule has 0 unspecified atom stereocenters. The maximum atomic E-state index is 10.5. The summed E-state index contributed by atoms with van der Waals surface area (Å²) in [6.07, 6.45) is 3.47. The molecule has 0 aliphatic heterocycles. The quantitative estimate of drug-likeness (QED) is 0.525. The lowest BCUT2D eigenvalue weighted by Crippen LogP contribution is -1.99. The highest BCUT2D eigenvalue weighted by atomic mass is 16.6. The van der Waals surface area contributed by atoms with E-state index in [-0.39, 0.29) is 11.4 Å². The van der Waals surface area contributed by atoms with Crippen molar-refractivity contribution in [3.05, 3.63) is 28.6 Å². The first kappa shape index (κ1) is 9.44. The molecule has 1 rings (SSSR count). The van der Waals surface area contributed by atoms with Crippen LogP contribution in [0.15, 0.2) is 18.5 Å². The van der Waals surface area contributed by atoms with Crippen molar-refractivity contribution < 1.29 is 9.66 Å². The Morgan fingerprint density at radius 1 is 1.69 bits per heavy atom. The summed E-state index contributed by atoms with van der Waals surface area (Å²) >= 11 is 0. The molecule has 0 atom stereocenters. The maximum Gasteiger partial charge on any atom is 0.329 e. The van der Waals surface area contributed by atoms with Gasteiger partial charge in [0.2, 0.25) is 0 Å². The number of hydrogen-bond donors (Lipinski definition) is 0. The first-order valence-corrected chi connectivity index (χ1v) is 3.97. The monoisotopic (exact) mass is 182 g/mol. The number of rotatable bonds is 4. The lowest BCUT2D eigenvalue weighted by Gasteiger charge is -2.03. The van der Waals surface area contributed by atoms with Gasteiger partial charge in [-0.1, -0.05) is 6.92 Å². The molecule has 5 heteroatoms. The molecule has 0 radical (unpaired) electrons.